The first kappa shape index (κ1) is 8.48. The molecule has 0 aromatic carbocycles. The Bertz CT molecular complexity index is 180. The molecule has 1 aliphatic carbocycles. The first-order valence-corrected chi connectivity index (χ1v) is 4.18. The van der Waals surface area contributed by atoms with Crippen molar-refractivity contribution in [3.8, 4) is 0 Å². The maximum atomic E-state index is 9.83. The molecule has 1 atom stereocenters. The summed E-state index contributed by atoms with van der Waals surface area (Å²) in [6.07, 6.45) is 5.29. The lowest BCUT2D eigenvalue weighted by Gasteiger charge is -2.15. The van der Waals surface area contributed by atoms with Gasteiger partial charge in [0.05, 0.1) is 6.54 Å². The third-order valence-electron chi connectivity index (χ3n) is 2.48. The molecule has 2 heteroatoms. The van der Waals surface area contributed by atoms with E-state index in [1.165, 1.54) is 19.3 Å². The monoisotopic (exact) mass is 153 g/mol. The van der Waals surface area contributed by atoms with E-state index < -0.39 is 0 Å². The summed E-state index contributed by atoms with van der Waals surface area (Å²) in [6.45, 7) is 5.24. The Morgan fingerprint density at radius 2 is 2.36 bits per heavy atom. The van der Waals surface area contributed by atoms with Crippen LogP contribution >= 0.6 is 0 Å². The van der Waals surface area contributed by atoms with E-state index in [9.17, 15) is 4.79 Å². The van der Waals surface area contributed by atoms with Crippen molar-refractivity contribution >= 4 is 6.08 Å². The molecule has 0 spiro atoms. The highest BCUT2D eigenvalue weighted by Gasteiger charge is 2.30. The normalized spacial score (nSPS) is 28.0. The number of carbonyl (C=O) groups excluding carboxylic acids is 1. The van der Waals surface area contributed by atoms with Crippen molar-refractivity contribution in [2.45, 2.75) is 33.1 Å². The Morgan fingerprint density at radius 1 is 1.64 bits per heavy atom. The quantitative estimate of drug-likeness (QED) is 0.441. The van der Waals surface area contributed by atoms with E-state index in [-0.39, 0.29) is 0 Å². The van der Waals surface area contributed by atoms with Gasteiger partial charge in [0.2, 0.25) is 6.08 Å². The van der Waals surface area contributed by atoms with Crippen LogP contribution in [-0.4, -0.2) is 12.6 Å². The average Bonchev–Trinajstić information content (AvgIpc) is 2.26. The highest BCUT2D eigenvalue weighted by atomic mass is 16.1. The van der Waals surface area contributed by atoms with E-state index >= 15 is 0 Å². The highest BCUT2D eigenvalue weighted by molar-refractivity contribution is 5.32. The molecule has 11 heavy (non-hydrogen) atoms. The maximum absolute atomic E-state index is 9.83. The summed E-state index contributed by atoms with van der Waals surface area (Å²) in [7, 11) is 0. The molecule has 1 unspecified atom stereocenters. The van der Waals surface area contributed by atoms with Gasteiger partial charge >= 0.3 is 0 Å². The van der Waals surface area contributed by atoms with Crippen molar-refractivity contribution in [1.29, 1.82) is 0 Å². The van der Waals surface area contributed by atoms with Crippen molar-refractivity contribution < 1.29 is 4.79 Å². The molecule has 0 heterocycles. The topological polar surface area (TPSA) is 29.4 Å². The molecule has 1 aliphatic rings. The molecular formula is C9H15NO. The maximum Gasteiger partial charge on any atom is 0.234 e. The minimum atomic E-state index is 0.475. The highest BCUT2D eigenvalue weighted by Crippen LogP contribution is 2.40. The summed E-state index contributed by atoms with van der Waals surface area (Å²) in [5, 5.41) is 0. The second kappa shape index (κ2) is 3.19. The largest absolute Gasteiger partial charge is 0.234 e. The van der Waals surface area contributed by atoms with Crippen LogP contribution < -0.4 is 0 Å². The van der Waals surface area contributed by atoms with Crippen LogP contribution in [-0.2, 0) is 4.79 Å². The lowest BCUT2D eigenvalue weighted by atomic mass is 9.91. The van der Waals surface area contributed by atoms with Gasteiger partial charge in [-0.2, -0.15) is 0 Å². The molecule has 0 amide bonds. The SMILES string of the molecule is CC1(C)CCC(CN=C=O)C1. The van der Waals surface area contributed by atoms with Crippen LogP contribution in [0.5, 0.6) is 0 Å². The van der Waals surface area contributed by atoms with E-state index in [0.717, 1.165) is 0 Å². The minimum Gasteiger partial charge on any atom is -0.211 e. The van der Waals surface area contributed by atoms with Crippen LogP contribution in [0.1, 0.15) is 33.1 Å². The predicted octanol–water partition coefficient (Wildman–Crippen LogP) is 2.15. The summed E-state index contributed by atoms with van der Waals surface area (Å²) in [5.41, 5.74) is 0.475. The molecule has 62 valence electrons. The van der Waals surface area contributed by atoms with Crippen LogP contribution in [0, 0.1) is 11.3 Å². The summed E-state index contributed by atoms with van der Waals surface area (Å²) in [6, 6.07) is 0. The number of nitrogens with zero attached hydrogens (tertiary/aromatic N) is 1. The third kappa shape index (κ3) is 2.47. The van der Waals surface area contributed by atoms with E-state index in [4.69, 9.17) is 0 Å². The van der Waals surface area contributed by atoms with Gasteiger partial charge in [-0.3, -0.25) is 0 Å². The summed E-state index contributed by atoms with van der Waals surface area (Å²) in [5.74, 6) is 0.631. The predicted molar refractivity (Wildman–Crippen MR) is 44.1 cm³/mol. The number of hydrogen-bond acceptors (Lipinski definition) is 2. The van der Waals surface area contributed by atoms with Gasteiger partial charge < -0.3 is 0 Å². The van der Waals surface area contributed by atoms with Crippen LogP contribution in [0.3, 0.4) is 0 Å². The molecule has 0 aromatic heterocycles. The van der Waals surface area contributed by atoms with E-state index in [0.29, 0.717) is 17.9 Å². The molecule has 0 saturated heterocycles. The van der Waals surface area contributed by atoms with E-state index in [1.54, 1.807) is 6.08 Å². The molecule has 1 saturated carbocycles. The van der Waals surface area contributed by atoms with Gasteiger partial charge in [-0.25, -0.2) is 9.79 Å². The van der Waals surface area contributed by atoms with Gasteiger partial charge in [-0.15, -0.1) is 0 Å². The molecule has 1 fully saturated rings. The summed E-state index contributed by atoms with van der Waals surface area (Å²) >= 11 is 0. The van der Waals surface area contributed by atoms with Gasteiger partial charge in [-0.05, 0) is 30.6 Å². The summed E-state index contributed by atoms with van der Waals surface area (Å²) < 4.78 is 0. The van der Waals surface area contributed by atoms with Crippen molar-refractivity contribution in [1.82, 2.24) is 0 Å². The molecule has 0 aromatic rings. The zero-order valence-electron chi connectivity index (χ0n) is 7.26. The Kier molecular flexibility index (Phi) is 2.45. The molecule has 0 N–H and O–H groups in total. The second-order valence-electron chi connectivity index (χ2n) is 4.21. The lowest BCUT2D eigenvalue weighted by Crippen LogP contribution is -2.06. The Labute approximate surface area is 67.7 Å². The number of rotatable bonds is 2. The molecule has 0 aliphatic heterocycles. The molecular weight excluding hydrogens is 138 g/mol. The fourth-order valence-electron chi connectivity index (χ4n) is 1.90. The average molecular weight is 153 g/mol. The Morgan fingerprint density at radius 3 is 2.82 bits per heavy atom. The van der Waals surface area contributed by atoms with Crippen molar-refractivity contribution in [3.05, 3.63) is 0 Å². The first-order valence-electron chi connectivity index (χ1n) is 4.18. The van der Waals surface area contributed by atoms with Crippen LogP contribution in [0.4, 0.5) is 0 Å². The van der Waals surface area contributed by atoms with Gasteiger partial charge in [0.25, 0.3) is 0 Å². The van der Waals surface area contributed by atoms with Crippen LogP contribution in [0.25, 0.3) is 0 Å². The molecule has 0 radical (unpaired) electrons. The van der Waals surface area contributed by atoms with Gasteiger partial charge in [0, 0.05) is 0 Å². The first-order chi connectivity index (χ1) is 5.14. The number of hydrogen-bond donors (Lipinski definition) is 0. The minimum absolute atomic E-state index is 0.475. The summed E-state index contributed by atoms with van der Waals surface area (Å²) in [4.78, 5) is 13.4. The lowest BCUT2D eigenvalue weighted by molar-refractivity contribution is 0.362. The van der Waals surface area contributed by atoms with E-state index in [2.05, 4.69) is 18.8 Å². The fourth-order valence-corrected chi connectivity index (χ4v) is 1.90. The van der Waals surface area contributed by atoms with Gasteiger partial charge in [0.15, 0.2) is 0 Å². The van der Waals surface area contributed by atoms with Crippen LogP contribution in [0.15, 0.2) is 4.99 Å². The van der Waals surface area contributed by atoms with Gasteiger partial charge in [-0.1, -0.05) is 13.8 Å². The zero-order chi connectivity index (χ0) is 8.32. The second-order valence-corrected chi connectivity index (χ2v) is 4.21. The zero-order valence-corrected chi connectivity index (χ0v) is 7.26. The fraction of sp³-hybridized carbons (Fsp3) is 0.889. The Balaban J connectivity index is 2.36. The molecule has 1 rings (SSSR count). The van der Waals surface area contributed by atoms with E-state index in [1.807, 2.05) is 0 Å². The standard InChI is InChI=1S/C9H15NO/c1-9(2)4-3-8(5-9)6-10-7-11/h8H,3-6H2,1-2H3. The number of isocyanates is 1. The van der Waals surface area contributed by atoms with Crippen molar-refractivity contribution in [3.63, 3.8) is 0 Å². The van der Waals surface area contributed by atoms with Gasteiger partial charge in [0.1, 0.15) is 0 Å². The molecule has 2 nitrogen and oxygen atoms in total. The number of aliphatic imine (C=N–C) groups is 1. The molecule has 0 bridgehead atoms. The van der Waals surface area contributed by atoms with Crippen LogP contribution in [0.2, 0.25) is 0 Å². The van der Waals surface area contributed by atoms with Crippen molar-refractivity contribution in [2.24, 2.45) is 16.3 Å². The van der Waals surface area contributed by atoms with Crippen molar-refractivity contribution in [2.75, 3.05) is 6.54 Å². The Hall–Kier alpha value is -0.620. The third-order valence-corrected chi connectivity index (χ3v) is 2.48. The smallest absolute Gasteiger partial charge is 0.211 e.